The van der Waals surface area contributed by atoms with Crippen molar-refractivity contribution in [1.29, 1.82) is 0 Å². The van der Waals surface area contributed by atoms with Crippen molar-refractivity contribution in [2.24, 2.45) is 11.7 Å². The number of fused-ring (bicyclic) bond motifs is 1. The highest BCUT2D eigenvalue weighted by molar-refractivity contribution is 5.43. The molecule has 130 valence electrons. The van der Waals surface area contributed by atoms with Crippen molar-refractivity contribution in [2.75, 3.05) is 0 Å². The molecular weight excluding hydrogens is 278 g/mol. The number of benzene rings is 1. The summed E-state index contributed by atoms with van der Waals surface area (Å²) in [6, 6.07) is 9.36. The number of rotatable bonds is 10. The molecule has 0 radical (unpaired) electrons. The second-order valence-corrected chi connectivity index (χ2v) is 7.55. The minimum absolute atomic E-state index is 0.220. The maximum absolute atomic E-state index is 6.76. The van der Waals surface area contributed by atoms with Crippen molar-refractivity contribution < 1.29 is 0 Å². The lowest BCUT2D eigenvalue weighted by molar-refractivity contribution is 0.194. The van der Waals surface area contributed by atoms with Crippen molar-refractivity contribution in [1.82, 2.24) is 0 Å². The second kappa shape index (κ2) is 8.87. The van der Waals surface area contributed by atoms with E-state index in [0.717, 1.165) is 12.3 Å². The van der Waals surface area contributed by atoms with Crippen LogP contribution in [0, 0.1) is 5.92 Å². The van der Waals surface area contributed by atoms with Gasteiger partial charge in [0.05, 0.1) is 0 Å². The summed E-state index contributed by atoms with van der Waals surface area (Å²) < 4.78 is 0. The molecule has 0 bridgehead atoms. The van der Waals surface area contributed by atoms with Crippen molar-refractivity contribution in [3.8, 4) is 0 Å². The van der Waals surface area contributed by atoms with Crippen molar-refractivity contribution in [2.45, 2.75) is 96.4 Å². The van der Waals surface area contributed by atoms with E-state index in [1.165, 1.54) is 63.4 Å². The predicted molar refractivity (Wildman–Crippen MR) is 102 cm³/mol. The molecule has 0 amide bonds. The van der Waals surface area contributed by atoms with Gasteiger partial charge in [0.2, 0.25) is 0 Å². The van der Waals surface area contributed by atoms with Gasteiger partial charge >= 0.3 is 0 Å². The molecular formula is C22H37N. The summed E-state index contributed by atoms with van der Waals surface area (Å²) in [6.07, 6.45) is 13.1. The first-order valence-electron chi connectivity index (χ1n) is 10.0. The van der Waals surface area contributed by atoms with E-state index >= 15 is 0 Å². The van der Waals surface area contributed by atoms with Gasteiger partial charge in [-0.05, 0) is 42.7 Å². The molecule has 0 spiro atoms. The quantitative estimate of drug-likeness (QED) is 0.527. The molecule has 1 heteroatoms. The van der Waals surface area contributed by atoms with Crippen LogP contribution < -0.4 is 5.73 Å². The van der Waals surface area contributed by atoms with Crippen molar-refractivity contribution >= 4 is 0 Å². The first kappa shape index (κ1) is 18.5. The molecule has 3 unspecified atom stereocenters. The topological polar surface area (TPSA) is 26.0 Å². The lowest BCUT2D eigenvalue weighted by Gasteiger charge is -2.42. The summed E-state index contributed by atoms with van der Waals surface area (Å²) in [5, 5.41) is 0. The Morgan fingerprint density at radius 1 is 1.00 bits per heavy atom. The molecule has 1 nitrogen and oxygen atoms in total. The molecule has 1 aromatic carbocycles. The molecule has 0 aliphatic heterocycles. The molecule has 23 heavy (non-hydrogen) atoms. The van der Waals surface area contributed by atoms with Gasteiger partial charge in [-0.15, -0.1) is 0 Å². The van der Waals surface area contributed by atoms with Crippen molar-refractivity contribution in [3.05, 3.63) is 35.4 Å². The number of hydrogen-bond acceptors (Lipinski definition) is 1. The molecule has 0 heterocycles. The SMILES string of the molecule is CCCCCCCC(CCC)C1(CC)c2ccccc2CC1N. The predicted octanol–water partition coefficient (Wildman–Crippen LogP) is 5.99. The molecule has 3 atom stereocenters. The third-order valence-corrected chi connectivity index (χ3v) is 6.23. The maximum Gasteiger partial charge on any atom is 0.0180 e. The van der Waals surface area contributed by atoms with Gasteiger partial charge in [-0.25, -0.2) is 0 Å². The minimum atomic E-state index is 0.220. The van der Waals surface area contributed by atoms with Crippen LogP contribution in [0.2, 0.25) is 0 Å². The summed E-state index contributed by atoms with van der Waals surface area (Å²) in [4.78, 5) is 0. The van der Waals surface area contributed by atoms with Crippen LogP contribution in [0.4, 0.5) is 0 Å². The molecule has 0 fully saturated rings. The maximum atomic E-state index is 6.76. The van der Waals surface area contributed by atoms with Gasteiger partial charge in [-0.1, -0.05) is 83.6 Å². The van der Waals surface area contributed by atoms with Gasteiger partial charge in [0, 0.05) is 11.5 Å². The van der Waals surface area contributed by atoms with Crippen LogP contribution in [-0.4, -0.2) is 6.04 Å². The van der Waals surface area contributed by atoms with E-state index in [0.29, 0.717) is 6.04 Å². The minimum Gasteiger partial charge on any atom is -0.327 e. The lowest BCUT2D eigenvalue weighted by Crippen LogP contribution is -2.47. The number of nitrogens with two attached hydrogens (primary N) is 1. The summed E-state index contributed by atoms with van der Waals surface area (Å²) in [5.41, 5.74) is 10.1. The Morgan fingerprint density at radius 3 is 2.43 bits per heavy atom. The fourth-order valence-electron chi connectivity index (χ4n) is 5.04. The highest BCUT2D eigenvalue weighted by Crippen LogP contribution is 2.49. The van der Waals surface area contributed by atoms with Gasteiger partial charge in [0.1, 0.15) is 0 Å². The normalized spacial score (nSPS) is 24.6. The number of unbranched alkanes of at least 4 members (excludes halogenated alkanes) is 4. The fraction of sp³-hybridized carbons (Fsp3) is 0.727. The smallest absolute Gasteiger partial charge is 0.0180 e. The standard InChI is InChI=1S/C22H37N/c1-4-7-8-9-10-15-19(13-5-2)22(6-3)20-16-12-11-14-18(20)17-21(22)23/h11-12,14,16,19,21H,4-10,13,15,17,23H2,1-3H3. The molecule has 2 N–H and O–H groups in total. The Morgan fingerprint density at radius 2 is 1.74 bits per heavy atom. The third kappa shape index (κ3) is 3.82. The average Bonchev–Trinajstić information content (AvgIpc) is 2.86. The molecule has 0 saturated heterocycles. The Kier molecular flexibility index (Phi) is 7.14. The third-order valence-electron chi connectivity index (χ3n) is 6.23. The molecule has 1 aliphatic carbocycles. The summed E-state index contributed by atoms with van der Waals surface area (Å²) in [6.45, 7) is 6.99. The van der Waals surface area contributed by atoms with E-state index in [1.807, 2.05) is 0 Å². The Balaban J connectivity index is 2.17. The Bertz CT molecular complexity index is 467. The van der Waals surface area contributed by atoms with E-state index in [4.69, 9.17) is 5.73 Å². The zero-order valence-corrected chi connectivity index (χ0v) is 15.6. The lowest BCUT2D eigenvalue weighted by atomic mass is 9.64. The first-order chi connectivity index (χ1) is 11.2. The van der Waals surface area contributed by atoms with E-state index in [9.17, 15) is 0 Å². The Labute approximate surface area is 144 Å². The zero-order chi connectivity index (χ0) is 16.7. The Hall–Kier alpha value is -0.820. The van der Waals surface area contributed by atoms with Crippen LogP contribution in [-0.2, 0) is 11.8 Å². The molecule has 0 saturated carbocycles. The number of hydrogen-bond donors (Lipinski definition) is 1. The van der Waals surface area contributed by atoms with Crippen molar-refractivity contribution in [3.63, 3.8) is 0 Å². The van der Waals surface area contributed by atoms with Crippen LogP contribution in [0.25, 0.3) is 0 Å². The summed E-state index contributed by atoms with van der Waals surface area (Å²) >= 11 is 0. The highest BCUT2D eigenvalue weighted by Gasteiger charge is 2.48. The van der Waals surface area contributed by atoms with Gasteiger partial charge in [0.25, 0.3) is 0 Å². The largest absolute Gasteiger partial charge is 0.327 e. The van der Waals surface area contributed by atoms with E-state index in [2.05, 4.69) is 45.0 Å². The first-order valence-corrected chi connectivity index (χ1v) is 10.0. The average molecular weight is 316 g/mol. The highest BCUT2D eigenvalue weighted by atomic mass is 14.7. The van der Waals surface area contributed by atoms with Crippen LogP contribution in [0.3, 0.4) is 0 Å². The fourth-order valence-corrected chi connectivity index (χ4v) is 5.04. The van der Waals surface area contributed by atoms with E-state index in [1.54, 1.807) is 5.56 Å². The van der Waals surface area contributed by atoms with Crippen LogP contribution >= 0.6 is 0 Å². The zero-order valence-electron chi connectivity index (χ0n) is 15.6. The van der Waals surface area contributed by atoms with Crippen LogP contribution in [0.5, 0.6) is 0 Å². The monoisotopic (exact) mass is 315 g/mol. The van der Waals surface area contributed by atoms with Crippen LogP contribution in [0.1, 0.15) is 89.7 Å². The van der Waals surface area contributed by atoms with E-state index in [-0.39, 0.29) is 5.41 Å². The summed E-state index contributed by atoms with van der Waals surface area (Å²) in [7, 11) is 0. The molecule has 1 aromatic rings. The van der Waals surface area contributed by atoms with E-state index < -0.39 is 0 Å². The molecule has 1 aliphatic rings. The molecule has 0 aromatic heterocycles. The molecule has 2 rings (SSSR count). The summed E-state index contributed by atoms with van der Waals surface area (Å²) in [5.74, 6) is 0.748. The van der Waals surface area contributed by atoms with Gasteiger partial charge in [-0.3, -0.25) is 0 Å². The van der Waals surface area contributed by atoms with Gasteiger partial charge < -0.3 is 5.73 Å². The second-order valence-electron chi connectivity index (χ2n) is 7.55. The van der Waals surface area contributed by atoms with Crippen LogP contribution in [0.15, 0.2) is 24.3 Å². The van der Waals surface area contributed by atoms with Gasteiger partial charge in [-0.2, -0.15) is 0 Å². The van der Waals surface area contributed by atoms with Gasteiger partial charge in [0.15, 0.2) is 0 Å².